The number of rotatable bonds is 5. The van der Waals surface area contributed by atoms with Crippen LogP contribution in [0.15, 0.2) is 66.7 Å². The van der Waals surface area contributed by atoms with Crippen LogP contribution in [0.1, 0.15) is 10.4 Å². The summed E-state index contributed by atoms with van der Waals surface area (Å²) >= 11 is 23.3. The number of carbonyl (C=O) groups excluding carboxylic acids is 1. The highest BCUT2D eigenvalue weighted by molar-refractivity contribution is 7.80. The predicted octanol–water partition coefficient (Wildman–Crippen LogP) is 5.16. The first-order chi connectivity index (χ1) is 14.6. The third kappa shape index (κ3) is 6.18. The largest absolute Gasteiger partial charge is 0.339 e. The highest BCUT2D eigenvalue weighted by atomic mass is 35.6. The third-order valence-electron chi connectivity index (χ3n) is 4.20. The second-order valence-corrected chi connectivity index (χ2v) is 9.19. The summed E-state index contributed by atoms with van der Waals surface area (Å²) in [7, 11) is 0. The Kier molecular flexibility index (Phi) is 7.17. The van der Waals surface area contributed by atoms with E-state index in [1.807, 2.05) is 42.5 Å². The first kappa shape index (κ1) is 23.0. The number of nitrogens with one attached hydrogen (secondary N) is 3. The van der Waals surface area contributed by atoms with Gasteiger partial charge in [0.1, 0.15) is 6.17 Å². The van der Waals surface area contributed by atoms with Crippen LogP contribution in [0.5, 0.6) is 0 Å². The van der Waals surface area contributed by atoms with Crippen LogP contribution >= 0.6 is 47.0 Å². The monoisotopic (exact) mass is 496 g/mol. The van der Waals surface area contributed by atoms with Gasteiger partial charge in [0.2, 0.25) is 3.79 Å². The number of benzene rings is 3. The van der Waals surface area contributed by atoms with Gasteiger partial charge < -0.3 is 16.0 Å². The summed E-state index contributed by atoms with van der Waals surface area (Å²) in [5.41, 5.74) is 0.493. The zero-order valence-electron chi connectivity index (χ0n) is 15.6. The molecule has 7 nitrogen and oxygen atoms in total. The van der Waals surface area contributed by atoms with Gasteiger partial charge in [0.05, 0.1) is 4.92 Å². The maximum Gasteiger partial charge on any atom is 0.270 e. The minimum atomic E-state index is -1.97. The Morgan fingerprint density at radius 1 is 0.968 bits per heavy atom. The SMILES string of the molecule is O=C(N[C@H](NC(=S)Nc1ccc2ccccc2c1)C(Cl)(Cl)Cl)c1cccc([N+](=O)[O-])c1. The maximum atomic E-state index is 12.5. The molecule has 0 aliphatic rings. The molecule has 0 radical (unpaired) electrons. The van der Waals surface area contributed by atoms with Crippen LogP contribution in [0.3, 0.4) is 0 Å². The molecule has 0 heterocycles. The highest BCUT2D eigenvalue weighted by Crippen LogP contribution is 2.29. The highest BCUT2D eigenvalue weighted by Gasteiger charge is 2.35. The Bertz CT molecular complexity index is 1150. The van der Waals surface area contributed by atoms with Crippen molar-refractivity contribution in [2.75, 3.05) is 5.32 Å². The molecular weight excluding hydrogens is 483 g/mol. The molecule has 1 amide bonds. The van der Waals surface area contributed by atoms with Crippen LogP contribution in [-0.4, -0.2) is 25.9 Å². The Hall–Kier alpha value is -2.65. The lowest BCUT2D eigenvalue weighted by atomic mass is 10.1. The van der Waals surface area contributed by atoms with E-state index in [-0.39, 0.29) is 16.4 Å². The zero-order chi connectivity index (χ0) is 22.6. The van der Waals surface area contributed by atoms with Gasteiger partial charge in [-0.05, 0) is 41.2 Å². The van der Waals surface area contributed by atoms with E-state index >= 15 is 0 Å². The lowest BCUT2D eigenvalue weighted by Crippen LogP contribution is -2.56. The molecule has 31 heavy (non-hydrogen) atoms. The van der Waals surface area contributed by atoms with Crippen molar-refractivity contribution < 1.29 is 9.72 Å². The van der Waals surface area contributed by atoms with Gasteiger partial charge in [-0.2, -0.15) is 0 Å². The number of hydrogen-bond acceptors (Lipinski definition) is 4. The molecule has 3 N–H and O–H groups in total. The third-order valence-corrected chi connectivity index (χ3v) is 5.08. The van der Waals surface area contributed by atoms with E-state index in [9.17, 15) is 14.9 Å². The van der Waals surface area contributed by atoms with Gasteiger partial charge in [-0.1, -0.05) is 71.2 Å². The standard InChI is InChI=1S/C20H15Cl3N4O3S/c21-20(22,23)18(25-17(28)14-6-3-7-16(11-14)27(29)30)26-19(31)24-15-9-8-12-4-1-2-5-13(12)10-15/h1-11,18H,(H,25,28)(H2,24,26,31)/t18-/m1/s1. The quantitative estimate of drug-likeness (QED) is 0.148. The van der Waals surface area contributed by atoms with Crippen LogP contribution in [0.25, 0.3) is 10.8 Å². The van der Waals surface area contributed by atoms with Crippen molar-refractivity contribution in [3.8, 4) is 0 Å². The summed E-state index contributed by atoms with van der Waals surface area (Å²) in [6, 6.07) is 18.6. The number of non-ortho nitro benzene ring substituents is 1. The normalized spacial score (nSPS) is 12.1. The van der Waals surface area contributed by atoms with E-state index < -0.39 is 20.8 Å². The van der Waals surface area contributed by atoms with Crippen LogP contribution in [0.2, 0.25) is 0 Å². The number of fused-ring (bicyclic) bond motifs is 1. The number of hydrogen-bond donors (Lipinski definition) is 3. The number of amides is 1. The fraction of sp³-hybridized carbons (Fsp3) is 0.100. The smallest absolute Gasteiger partial charge is 0.270 e. The average Bonchev–Trinajstić information content (AvgIpc) is 2.72. The first-order valence-corrected chi connectivity index (χ1v) is 10.4. The van der Waals surface area contributed by atoms with Crippen LogP contribution in [0, 0.1) is 10.1 Å². The average molecular weight is 498 g/mol. The predicted molar refractivity (Wildman–Crippen MR) is 128 cm³/mol. The molecule has 0 bridgehead atoms. The summed E-state index contributed by atoms with van der Waals surface area (Å²) in [6.45, 7) is 0. The van der Waals surface area contributed by atoms with Crippen molar-refractivity contribution in [2.24, 2.45) is 0 Å². The van der Waals surface area contributed by atoms with Gasteiger partial charge in [-0.3, -0.25) is 14.9 Å². The lowest BCUT2D eigenvalue weighted by molar-refractivity contribution is -0.384. The van der Waals surface area contributed by atoms with Crippen molar-refractivity contribution in [3.05, 3.63) is 82.4 Å². The van der Waals surface area contributed by atoms with Crippen molar-refractivity contribution in [1.82, 2.24) is 10.6 Å². The number of thiocarbonyl (C=S) groups is 1. The fourth-order valence-corrected chi connectivity index (χ4v) is 3.30. The van der Waals surface area contributed by atoms with Crippen molar-refractivity contribution in [1.29, 1.82) is 0 Å². The molecule has 0 aliphatic carbocycles. The summed E-state index contributed by atoms with van der Waals surface area (Å²) in [5, 5.41) is 21.3. The number of alkyl halides is 3. The van der Waals surface area contributed by atoms with E-state index in [1.165, 1.54) is 18.2 Å². The molecule has 3 aromatic rings. The fourth-order valence-electron chi connectivity index (χ4n) is 2.74. The van der Waals surface area contributed by atoms with Crippen LogP contribution in [-0.2, 0) is 0 Å². The van der Waals surface area contributed by atoms with Gasteiger partial charge in [-0.15, -0.1) is 0 Å². The number of halogens is 3. The zero-order valence-corrected chi connectivity index (χ0v) is 18.7. The van der Waals surface area contributed by atoms with Gasteiger partial charge in [-0.25, -0.2) is 0 Å². The molecule has 0 saturated carbocycles. The molecule has 0 aromatic heterocycles. The number of anilines is 1. The maximum absolute atomic E-state index is 12.5. The van der Waals surface area contributed by atoms with Gasteiger partial charge in [0.25, 0.3) is 11.6 Å². The summed E-state index contributed by atoms with van der Waals surface area (Å²) < 4.78 is -1.97. The summed E-state index contributed by atoms with van der Waals surface area (Å²) in [4.78, 5) is 22.9. The summed E-state index contributed by atoms with van der Waals surface area (Å²) in [5.74, 6) is -0.680. The topological polar surface area (TPSA) is 96.3 Å². The van der Waals surface area contributed by atoms with E-state index in [0.717, 1.165) is 16.8 Å². The minimum Gasteiger partial charge on any atom is -0.339 e. The van der Waals surface area contributed by atoms with Crippen molar-refractivity contribution >= 4 is 80.2 Å². The van der Waals surface area contributed by atoms with Gasteiger partial charge in [0, 0.05) is 23.4 Å². The van der Waals surface area contributed by atoms with Gasteiger partial charge >= 0.3 is 0 Å². The lowest BCUT2D eigenvalue weighted by Gasteiger charge is -2.27. The van der Waals surface area contributed by atoms with E-state index in [2.05, 4.69) is 16.0 Å². The molecule has 0 spiro atoms. The molecule has 0 aliphatic heterocycles. The molecule has 3 rings (SSSR count). The second kappa shape index (κ2) is 9.65. The molecular formula is C20H15Cl3N4O3S. The number of nitrogens with zero attached hydrogens (tertiary/aromatic N) is 1. The first-order valence-electron chi connectivity index (χ1n) is 8.82. The molecule has 3 aromatic carbocycles. The molecule has 11 heteroatoms. The Morgan fingerprint density at radius 3 is 2.35 bits per heavy atom. The molecule has 1 atom stereocenters. The molecule has 0 unspecified atom stereocenters. The molecule has 160 valence electrons. The molecule has 0 saturated heterocycles. The van der Waals surface area contributed by atoms with E-state index in [1.54, 1.807) is 0 Å². The minimum absolute atomic E-state index is 0.0312. The van der Waals surface area contributed by atoms with Crippen LogP contribution in [0.4, 0.5) is 11.4 Å². The Balaban J connectivity index is 1.71. The van der Waals surface area contributed by atoms with E-state index in [4.69, 9.17) is 47.0 Å². The molecule has 0 fully saturated rings. The Morgan fingerprint density at radius 2 is 1.68 bits per heavy atom. The number of nitro benzene ring substituents is 1. The van der Waals surface area contributed by atoms with Crippen molar-refractivity contribution in [3.63, 3.8) is 0 Å². The number of carbonyl (C=O) groups is 1. The van der Waals surface area contributed by atoms with Gasteiger partial charge in [0.15, 0.2) is 5.11 Å². The van der Waals surface area contributed by atoms with E-state index in [0.29, 0.717) is 5.69 Å². The van der Waals surface area contributed by atoms with Crippen LogP contribution < -0.4 is 16.0 Å². The second-order valence-electron chi connectivity index (χ2n) is 6.42. The number of nitro groups is 1. The van der Waals surface area contributed by atoms with Crippen molar-refractivity contribution in [2.45, 2.75) is 9.96 Å². The summed E-state index contributed by atoms with van der Waals surface area (Å²) in [6.07, 6.45) is -1.22. The Labute approximate surface area is 197 Å².